The van der Waals surface area contributed by atoms with Crippen LogP contribution in [0.25, 0.3) is 0 Å². The van der Waals surface area contributed by atoms with Gasteiger partial charge in [0, 0.05) is 13.0 Å². The van der Waals surface area contributed by atoms with Gasteiger partial charge in [-0.1, -0.05) is 52.4 Å². The van der Waals surface area contributed by atoms with Crippen LogP contribution in [0.3, 0.4) is 0 Å². The number of thioether (sulfide) groups is 1. The Morgan fingerprint density at radius 3 is 2.08 bits per heavy atom. The van der Waals surface area contributed by atoms with E-state index in [1.807, 2.05) is 0 Å². The molecule has 0 aliphatic heterocycles. The van der Waals surface area contributed by atoms with E-state index in [9.17, 15) is 4.79 Å². The van der Waals surface area contributed by atoms with Crippen molar-refractivity contribution in [2.24, 2.45) is 5.92 Å². The topological polar surface area (TPSA) is 32.3 Å². The second kappa shape index (κ2) is 18.6. The molecule has 0 unspecified atom stereocenters. The molecule has 0 rings (SSSR count). The van der Waals surface area contributed by atoms with E-state index in [-0.39, 0.29) is 5.91 Å². The van der Waals surface area contributed by atoms with Gasteiger partial charge in [0.15, 0.2) is 0 Å². The van der Waals surface area contributed by atoms with Crippen molar-refractivity contribution >= 4 is 17.7 Å². The average molecular weight is 373 g/mol. The van der Waals surface area contributed by atoms with Gasteiger partial charge in [-0.2, -0.15) is 11.8 Å². The molecule has 0 fully saturated rings. The molecule has 0 spiro atoms. The summed E-state index contributed by atoms with van der Waals surface area (Å²) < 4.78 is 0. The molecular weight excluding hydrogens is 328 g/mol. The normalized spacial score (nSPS) is 11.4. The number of carbonyl (C=O) groups excluding carboxylic acids is 1. The minimum Gasteiger partial charge on any atom is -0.356 e. The highest BCUT2D eigenvalue weighted by Crippen LogP contribution is 2.13. The third-order valence-corrected chi connectivity index (χ3v) is 5.49. The summed E-state index contributed by atoms with van der Waals surface area (Å²) in [6.45, 7) is 6.46. The summed E-state index contributed by atoms with van der Waals surface area (Å²) in [6, 6.07) is 0. The standard InChI is InChI=1S/C21H44N2OS/c1-20(2)15-19-25-18-12-10-8-6-5-7-9-11-14-21(24)22-16-13-17-23(3)4/h20H,5-19H2,1-4H3,(H,22,24). The fourth-order valence-electron chi connectivity index (χ4n) is 2.68. The largest absolute Gasteiger partial charge is 0.356 e. The van der Waals surface area contributed by atoms with Gasteiger partial charge < -0.3 is 10.2 Å². The fraction of sp³-hybridized carbons (Fsp3) is 0.952. The van der Waals surface area contributed by atoms with E-state index in [1.165, 1.54) is 62.9 Å². The number of hydrogen-bond acceptors (Lipinski definition) is 3. The molecule has 3 nitrogen and oxygen atoms in total. The lowest BCUT2D eigenvalue weighted by molar-refractivity contribution is -0.121. The van der Waals surface area contributed by atoms with Crippen molar-refractivity contribution in [1.82, 2.24) is 10.2 Å². The van der Waals surface area contributed by atoms with E-state index in [4.69, 9.17) is 0 Å². The number of carbonyl (C=O) groups is 1. The Labute approximate surface area is 162 Å². The average Bonchev–Trinajstić information content (AvgIpc) is 2.55. The first-order valence-corrected chi connectivity index (χ1v) is 11.7. The van der Waals surface area contributed by atoms with Gasteiger partial charge in [-0.15, -0.1) is 0 Å². The van der Waals surface area contributed by atoms with Crippen LogP contribution in [-0.2, 0) is 4.79 Å². The first-order chi connectivity index (χ1) is 12.0. The molecule has 0 bridgehead atoms. The van der Waals surface area contributed by atoms with Crippen molar-refractivity contribution in [3.05, 3.63) is 0 Å². The number of nitrogens with one attached hydrogen (secondary N) is 1. The van der Waals surface area contributed by atoms with Gasteiger partial charge in [0.2, 0.25) is 5.91 Å². The van der Waals surface area contributed by atoms with E-state index in [0.29, 0.717) is 6.42 Å². The number of amides is 1. The van der Waals surface area contributed by atoms with Crippen molar-refractivity contribution in [1.29, 1.82) is 0 Å². The molecule has 0 saturated heterocycles. The van der Waals surface area contributed by atoms with Crippen molar-refractivity contribution in [3.63, 3.8) is 0 Å². The molecule has 1 N–H and O–H groups in total. The van der Waals surface area contributed by atoms with E-state index in [0.717, 1.165) is 31.8 Å². The third-order valence-electron chi connectivity index (χ3n) is 4.39. The van der Waals surface area contributed by atoms with Crippen LogP contribution in [0.5, 0.6) is 0 Å². The summed E-state index contributed by atoms with van der Waals surface area (Å²) in [7, 11) is 4.13. The number of rotatable bonds is 18. The monoisotopic (exact) mass is 372 g/mol. The second-order valence-corrected chi connectivity index (χ2v) is 9.10. The van der Waals surface area contributed by atoms with Crippen molar-refractivity contribution in [2.75, 3.05) is 38.7 Å². The highest BCUT2D eigenvalue weighted by molar-refractivity contribution is 7.99. The highest BCUT2D eigenvalue weighted by atomic mass is 32.2. The van der Waals surface area contributed by atoms with Crippen molar-refractivity contribution < 1.29 is 4.79 Å². The molecule has 0 aliphatic rings. The molecule has 4 heteroatoms. The zero-order valence-electron chi connectivity index (χ0n) is 17.4. The SMILES string of the molecule is CC(C)CCSCCCCCCCCCCC(=O)NCCCN(C)C. The maximum atomic E-state index is 11.7. The van der Waals surface area contributed by atoms with Crippen LogP contribution in [0.4, 0.5) is 0 Å². The third kappa shape index (κ3) is 21.7. The molecule has 0 heterocycles. The van der Waals surface area contributed by atoms with Crippen LogP contribution in [0.2, 0.25) is 0 Å². The molecular formula is C21H44N2OS. The molecule has 0 saturated carbocycles. The van der Waals surface area contributed by atoms with E-state index < -0.39 is 0 Å². The maximum absolute atomic E-state index is 11.7. The van der Waals surface area contributed by atoms with Gasteiger partial charge in [-0.05, 0) is 63.7 Å². The summed E-state index contributed by atoms with van der Waals surface area (Å²) in [4.78, 5) is 13.8. The Bertz CT molecular complexity index is 296. The van der Waals surface area contributed by atoms with Crippen molar-refractivity contribution in [2.45, 2.75) is 84.5 Å². The van der Waals surface area contributed by atoms with Gasteiger partial charge in [0.25, 0.3) is 0 Å². The fourth-order valence-corrected chi connectivity index (χ4v) is 3.93. The number of hydrogen-bond donors (Lipinski definition) is 1. The van der Waals surface area contributed by atoms with E-state index in [2.05, 4.69) is 49.9 Å². The Morgan fingerprint density at radius 1 is 0.880 bits per heavy atom. The van der Waals surface area contributed by atoms with Gasteiger partial charge in [0.1, 0.15) is 0 Å². The van der Waals surface area contributed by atoms with Gasteiger partial charge >= 0.3 is 0 Å². The molecule has 0 atom stereocenters. The lowest BCUT2D eigenvalue weighted by atomic mass is 10.1. The molecule has 0 aromatic heterocycles. The summed E-state index contributed by atoms with van der Waals surface area (Å²) in [5, 5.41) is 3.02. The molecule has 150 valence electrons. The molecule has 0 aromatic rings. The van der Waals surface area contributed by atoms with Crippen LogP contribution in [-0.4, -0.2) is 49.5 Å². The van der Waals surface area contributed by atoms with Crippen LogP contribution in [0.1, 0.15) is 84.5 Å². The van der Waals surface area contributed by atoms with Crippen LogP contribution < -0.4 is 5.32 Å². The van der Waals surface area contributed by atoms with Crippen LogP contribution in [0.15, 0.2) is 0 Å². The molecule has 25 heavy (non-hydrogen) atoms. The van der Waals surface area contributed by atoms with Gasteiger partial charge in [-0.25, -0.2) is 0 Å². The highest BCUT2D eigenvalue weighted by Gasteiger charge is 2.01. The number of unbranched alkanes of at least 4 members (excludes halogenated alkanes) is 7. The zero-order chi connectivity index (χ0) is 18.8. The predicted octanol–water partition coefficient (Wildman–Crippen LogP) is 5.34. The lowest BCUT2D eigenvalue weighted by Crippen LogP contribution is -2.26. The minimum atomic E-state index is 0.230. The summed E-state index contributed by atoms with van der Waals surface area (Å²) in [5.74, 6) is 3.76. The first kappa shape index (κ1) is 24.8. The summed E-state index contributed by atoms with van der Waals surface area (Å²) >= 11 is 2.13. The summed E-state index contributed by atoms with van der Waals surface area (Å²) in [5.41, 5.74) is 0. The smallest absolute Gasteiger partial charge is 0.219 e. The van der Waals surface area contributed by atoms with Crippen molar-refractivity contribution in [3.8, 4) is 0 Å². The Kier molecular flexibility index (Phi) is 18.4. The predicted molar refractivity (Wildman–Crippen MR) is 115 cm³/mol. The first-order valence-electron chi connectivity index (χ1n) is 10.5. The minimum absolute atomic E-state index is 0.230. The number of nitrogens with zero attached hydrogens (tertiary/aromatic N) is 1. The van der Waals surface area contributed by atoms with Crippen LogP contribution in [0, 0.1) is 5.92 Å². The summed E-state index contributed by atoms with van der Waals surface area (Å²) in [6.07, 6.45) is 13.5. The van der Waals surface area contributed by atoms with Crippen LogP contribution >= 0.6 is 11.8 Å². The Morgan fingerprint density at radius 2 is 1.48 bits per heavy atom. The van der Waals surface area contributed by atoms with E-state index >= 15 is 0 Å². The Balaban J connectivity index is 3.14. The molecule has 0 aliphatic carbocycles. The Hall–Kier alpha value is -0.220. The van der Waals surface area contributed by atoms with Gasteiger partial charge in [-0.3, -0.25) is 4.79 Å². The quantitative estimate of drug-likeness (QED) is 0.329. The molecule has 0 radical (unpaired) electrons. The lowest BCUT2D eigenvalue weighted by Gasteiger charge is -2.09. The maximum Gasteiger partial charge on any atom is 0.219 e. The molecule has 1 amide bonds. The van der Waals surface area contributed by atoms with E-state index in [1.54, 1.807) is 0 Å². The van der Waals surface area contributed by atoms with Gasteiger partial charge in [0.05, 0.1) is 0 Å². The second-order valence-electron chi connectivity index (χ2n) is 7.88. The molecule has 0 aromatic carbocycles. The zero-order valence-corrected chi connectivity index (χ0v) is 18.3.